The first kappa shape index (κ1) is 15.1. The van der Waals surface area contributed by atoms with Crippen LogP contribution in [0.3, 0.4) is 0 Å². The topological polar surface area (TPSA) is 86.5 Å². The van der Waals surface area contributed by atoms with Gasteiger partial charge in [-0.2, -0.15) is 0 Å². The number of hydrogen-bond donors (Lipinski definition) is 1. The predicted molar refractivity (Wildman–Crippen MR) is 74.2 cm³/mol. The van der Waals surface area contributed by atoms with Crippen molar-refractivity contribution in [1.29, 1.82) is 0 Å². The van der Waals surface area contributed by atoms with Crippen LogP contribution in [0.5, 0.6) is 0 Å². The zero-order valence-electron chi connectivity index (χ0n) is 12.3. The number of carbonyl (C=O) groups is 1. The summed E-state index contributed by atoms with van der Waals surface area (Å²) in [6, 6.07) is 6.96. The van der Waals surface area contributed by atoms with Crippen molar-refractivity contribution in [3.63, 3.8) is 0 Å². The molecule has 0 radical (unpaired) electrons. The van der Waals surface area contributed by atoms with Gasteiger partial charge in [0.15, 0.2) is 0 Å². The van der Waals surface area contributed by atoms with Crippen LogP contribution in [0.15, 0.2) is 28.7 Å². The van der Waals surface area contributed by atoms with E-state index in [1.54, 1.807) is 31.2 Å². The average molecular weight is 291 g/mol. The minimum absolute atomic E-state index is 0.395. The normalized spacial score (nSPS) is 11.4. The van der Waals surface area contributed by atoms with Crippen molar-refractivity contribution < 1.29 is 18.7 Å². The van der Waals surface area contributed by atoms with Gasteiger partial charge in [0, 0.05) is 39.3 Å². The number of carbonyl (C=O) groups excluding carboxylic acids is 1. The van der Waals surface area contributed by atoms with Gasteiger partial charge in [-0.1, -0.05) is 12.1 Å². The van der Waals surface area contributed by atoms with E-state index in [2.05, 4.69) is 15.5 Å². The van der Waals surface area contributed by atoms with Crippen LogP contribution in [0.1, 0.15) is 11.5 Å². The summed E-state index contributed by atoms with van der Waals surface area (Å²) >= 11 is 0. The van der Waals surface area contributed by atoms with E-state index in [0.29, 0.717) is 17.3 Å². The van der Waals surface area contributed by atoms with Crippen LogP contribution in [-0.4, -0.2) is 37.4 Å². The van der Waals surface area contributed by atoms with Gasteiger partial charge < -0.3 is 19.2 Å². The van der Waals surface area contributed by atoms with Gasteiger partial charge in [0.1, 0.15) is 0 Å². The molecule has 0 aliphatic heterocycles. The molecule has 0 atom stereocenters. The largest absolute Gasteiger partial charge is 0.421 e. The first-order valence-corrected chi connectivity index (χ1v) is 6.31. The summed E-state index contributed by atoms with van der Waals surface area (Å²) in [4.78, 5) is 12.1. The van der Waals surface area contributed by atoms with E-state index < -0.39 is 11.7 Å². The molecule has 7 heteroatoms. The predicted octanol–water partition coefficient (Wildman–Crippen LogP) is 1.24. The van der Waals surface area contributed by atoms with E-state index in [1.807, 2.05) is 0 Å². The zero-order valence-corrected chi connectivity index (χ0v) is 12.3. The van der Waals surface area contributed by atoms with Gasteiger partial charge >= 0.3 is 0 Å². The van der Waals surface area contributed by atoms with Crippen LogP contribution >= 0.6 is 0 Å². The Morgan fingerprint density at radius 2 is 1.81 bits per heavy atom. The molecule has 0 unspecified atom stereocenters. The van der Waals surface area contributed by atoms with Gasteiger partial charge in [-0.05, 0) is 12.1 Å². The summed E-state index contributed by atoms with van der Waals surface area (Å²) in [6.45, 7) is 1.72. The molecule has 1 N–H and O–H groups in total. The minimum Gasteiger partial charge on any atom is -0.421 e. The molecule has 0 aliphatic rings. The lowest BCUT2D eigenvalue weighted by atomic mass is 10.0. The van der Waals surface area contributed by atoms with E-state index in [0.717, 1.165) is 5.56 Å². The Morgan fingerprint density at radius 1 is 1.19 bits per heavy atom. The number of nitrogens with zero attached hydrogens (tertiary/aromatic N) is 2. The number of amides is 1. The molecule has 1 amide bonds. The second-order valence-electron chi connectivity index (χ2n) is 4.31. The van der Waals surface area contributed by atoms with Crippen molar-refractivity contribution in [1.82, 2.24) is 15.5 Å². The molecule has 21 heavy (non-hydrogen) atoms. The number of likely N-dealkylation sites (N-methyl/N-ethyl adjacent to an activating group) is 1. The fourth-order valence-electron chi connectivity index (χ4n) is 2.05. The number of aromatic nitrogens is 2. The van der Waals surface area contributed by atoms with Crippen molar-refractivity contribution in [2.45, 2.75) is 12.7 Å². The lowest BCUT2D eigenvalue weighted by Crippen LogP contribution is -2.46. The number of benzene rings is 1. The number of ether oxygens (including phenoxy) is 2. The molecule has 1 aromatic heterocycles. The maximum absolute atomic E-state index is 12.1. The number of hydrogen-bond acceptors (Lipinski definition) is 6. The van der Waals surface area contributed by atoms with Gasteiger partial charge in [0.25, 0.3) is 11.7 Å². The smallest absolute Gasteiger partial charge is 0.285 e. The molecule has 2 rings (SSSR count). The Kier molecular flexibility index (Phi) is 4.35. The van der Waals surface area contributed by atoms with Crippen LogP contribution in [0.25, 0.3) is 11.5 Å². The fourth-order valence-corrected chi connectivity index (χ4v) is 2.05. The van der Waals surface area contributed by atoms with Crippen LogP contribution in [0, 0.1) is 6.92 Å². The summed E-state index contributed by atoms with van der Waals surface area (Å²) in [7, 11) is 4.34. The van der Waals surface area contributed by atoms with Gasteiger partial charge in [-0.25, -0.2) is 0 Å². The van der Waals surface area contributed by atoms with E-state index >= 15 is 0 Å². The molecule has 1 aromatic carbocycles. The Morgan fingerprint density at radius 3 is 2.24 bits per heavy atom. The van der Waals surface area contributed by atoms with Gasteiger partial charge in [0.05, 0.1) is 0 Å². The third kappa shape index (κ3) is 2.65. The highest BCUT2D eigenvalue weighted by Crippen LogP contribution is 2.28. The van der Waals surface area contributed by atoms with Crippen LogP contribution in [-0.2, 0) is 20.1 Å². The Labute approximate surface area is 122 Å². The lowest BCUT2D eigenvalue weighted by molar-refractivity contribution is -0.215. The molecule has 0 bridgehead atoms. The SMILES string of the molecule is CNC(=O)C(OC)(OC)c1ccc(-c2nnc(C)o2)cc1. The molecule has 0 aliphatic carbocycles. The number of aryl methyl sites for hydroxylation is 1. The second kappa shape index (κ2) is 6.02. The monoisotopic (exact) mass is 291 g/mol. The molecular weight excluding hydrogens is 274 g/mol. The standard InChI is InChI=1S/C14H17N3O4/c1-9-16-17-12(21-9)10-5-7-11(8-6-10)14(19-3,20-4)13(18)15-2/h5-8H,1-4H3,(H,15,18). The summed E-state index contributed by atoms with van der Waals surface area (Å²) in [5.74, 6) is -0.978. The maximum atomic E-state index is 12.1. The molecule has 2 aromatic rings. The second-order valence-corrected chi connectivity index (χ2v) is 4.31. The van der Waals surface area contributed by atoms with Crippen LogP contribution in [0.2, 0.25) is 0 Å². The highest BCUT2D eigenvalue weighted by Gasteiger charge is 2.40. The van der Waals surface area contributed by atoms with Gasteiger partial charge in [-0.3, -0.25) is 4.79 Å². The van der Waals surface area contributed by atoms with Crippen molar-refractivity contribution in [2.75, 3.05) is 21.3 Å². The zero-order chi connectivity index (χ0) is 15.5. The van der Waals surface area contributed by atoms with E-state index in [-0.39, 0.29) is 0 Å². The maximum Gasteiger partial charge on any atom is 0.285 e. The number of rotatable bonds is 5. The first-order chi connectivity index (χ1) is 10.1. The summed E-state index contributed by atoms with van der Waals surface area (Å²) in [5.41, 5.74) is 1.31. The summed E-state index contributed by atoms with van der Waals surface area (Å²) in [6.07, 6.45) is 0. The summed E-state index contributed by atoms with van der Waals surface area (Å²) in [5, 5.41) is 10.2. The molecule has 7 nitrogen and oxygen atoms in total. The lowest BCUT2D eigenvalue weighted by Gasteiger charge is -2.29. The Hall–Kier alpha value is -2.25. The molecule has 0 saturated heterocycles. The average Bonchev–Trinajstić information content (AvgIpc) is 2.96. The van der Waals surface area contributed by atoms with E-state index in [9.17, 15) is 4.79 Å². The van der Waals surface area contributed by atoms with Crippen molar-refractivity contribution in [2.24, 2.45) is 0 Å². The van der Waals surface area contributed by atoms with Gasteiger partial charge in [-0.15, -0.1) is 10.2 Å². The molecular formula is C14H17N3O4. The third-order valence-corrected chi connectivity index (χ3v) is 3.14. The first-order valence-electron chi connectivity index (χ1n) is 6.31. The van der Waals surface area contributed by atoms with Crippen molar-refractivity contribution in [3.05, 3.63) is 35.7 Å². The minimum atomic E-state index is -1.49. The van der Waals surface area contributed by atoms with Crippen LogP contribution in [0.4, 0.5) is 0 Å². The highest BCUT2D eigenvalue weighted by atomic mass is 16.7. The summed E-state index contributed by atoms with van der Waals surface area (Å²) < 4.78 is 15.9. The van der Waals surface area contributed by atoms with E-state index in [1.165, 1.54) is 21.3 Å². The number of nitrogens with one attached hydrogen (secondary N) is 1. The molecule has 1 heterocycles. The Balaban J connectivity index is 2.38. The van der Waals surface area contributed by atoms with Crippen LogP contribution < -0.4 is 5.32 Å². The Bertz CT molecular complexity index is 617. The molecule has 0 fully saturated rings. The van der Waals surface area contributed by atoms with Crippen molar-refractivity contribution >= 4 is 5.91 Å². The molecule has 0 spiro atoms. The van der Waals surface area contributed by atoms with Crippen molar-refractivity contribution in [3.8, 4) is 11.5 Å². The quantitative estimate of drug-likeness (QED) is 0.834. The highest BCUT2D eigenvalue weighted by molar-refractivity contribution is 5.85. The number of methoxy groups -OCH3 is 2. The van der Waals surface area contributed by atoms with E-state index in [4.69, 9.17) is 13.9 Å². The fraction of sp³-hybridized carbons (Fsp3) is 0.357. The third-order valence-electron chi connectivity index (χ3n) is 3.14. The molecule has 112 valence electrons. The molecule has 0 saturated carbocycles. The van der Waals surface area contributed by atoms with Gasteiger partial charge in [0.2, 0.25) is 11.8 Å².